The van der Waals surface area contributed by atoms with Gasteiger partial charge >= 0.3 is 0 Å². The molecule has 0 aromatic heterocycles. The number of hydrogen-bond acceptors (Lipinski definition) is 2. The third-order valence-corrected chi connectivity index (χ3v) is 2.59. The van der Waals surface area contributed by atoms with Gasteiger partial charge in [-0.15, -0.1) is 0 Å². The summed E-state index contributed by atoms with van der Waals surface area (Å²) in [4.78, 5) is 22.0. The van der Waals surface area contributed by atoms with Crippen molar-refractivity contribution in [3.05, 3.63) is 35.4 Å². The SMILES string of the molecule is Cc1ccccc1C(CCC(N)=O)C(N)=O. The lowest BCUT2D eigenvalue weighted by Crippen LogP contribution is -2.24. The molecule has 1 aromatic rings. The van der Waals surface area contributed by atoms with Crippen LogP contribution in [0.5, 0.6) is 0 Å². The van der Waals surface area contributed by atoms with Gasteiger partial charge < -0.3 is 11.5 Å². The summed E-state index contributed by atoms with van der Waals surface area (Å²) in [5.74, 6) is -1.27. The Labute approximate surface area is 94.6 Å². The molecule has 0 aliphatic rings. The molecule has 4 heteroatoms. The van der Waals surface area contributed by atoms with E-state index in [4.69, 9.17) is 11.5 Å². The van der Waals surface area contributed by atoms with Crippen LogP contribution in [0.25, 0.3) is 0 Å². The molecular weight excluding hydrogens is 204 g/mol. The highest BCUT2D eigenvalue weighted by Crippen LogP contribution is 2.23. The maximum atomic E-state index is 11.3. The minimum atomic E-state index is -0.436. The number of aryl methyl sites for hydroxylation is 1. The van der Waals surface area contributed by atoms with Gasteiger partial charge in [-0.3, -0.25) is 9.59 Å². The topological polar surface area (TPSA) is 86.2 Å². The molecule has 0 aliphatic heterocycles. The number of carbonyl (C=O) groups is 2. The van der Waals surface area contributed by atoms with Crippen LogP contribution in [0.3, 0.4) is 0 Å². The fraction of sp³-hybridized carbons (Fsp3) is 0.333. The van der Waals surface area contributed by atoms with Gasteiger partial charge in [0, 0.05) is 6.42 Å². The van der Waals surface area contributed by atoms with E-state index in [1.54, 1.807) is 0 Å². The average Bonchev–Trinajstić information content (AvgIpc) is 2.20. The number of carbonyl (C=O) groups excluding carboxylic acids is 2. The van der Waals surface area contributed by atoms with Crippen molar-refractivity contribution in [3.8, 4) is 0 Å². The van der Waals surface area contributed by atoms with Crippen LogP contribution in [0.2, 0.25) is 0 Å². The lowest BCUT2D eigenvalue weighted by atomic mass is 9.90. The zero-order valence-electron chi connectivity index (χ0n) is 9.27. The summed E-state index contributed by atoms with van der Waals surface area (Å²) in [7, 11) is 0. The minimum absolute atomic E-state index is 0.169. The summed E-state index contributed by atoms with van der Waals surface area (Å²) in [6.07, 6.45) is 0.539. The molecule has 2 amide bonds. The molecule has 1 atom stereocenters. The molecule has 0 bridgehead atoms. The molecule has 4 N–H and O–H groups in total. The number of hydrogen-bond donors (Lipinski definition) is 2. The standard InChI is InChI=1S/C12H16N2O2/c1-8-4-2-3-5-9(8)10(12(14)16)6-7-11(13)15/h2-5,10H,6-7H2,1H3,(H2,13,15)(H2,14,16). The summed E-state index contributed by atoms with van der Waals surface area (Å²) in [5.41, 5.74) is 12.3. The van der Waals surface area contributed by atoms with E-state index in [0.717, 1.165) is 11.1 Å². The highest BCUT2D eigenvalue weighted by atomic mass is 16.1. The molecule has 0 saturated heterocycles. The number of primary amides is 2. The van der Waals surface area contributed by atoms with Crippen LogP contribution in [0.15, 0.2) is 24.3 Å². The van der Waals surface area contributed by atoms with Crippen LogP contribution in [0.4, 0.5) is 0 Å². The predicted molar refractivity (Wildman–Crippen MR) is 61.5 cm³/mol. The Morgan fingerprint density at radius 1 is 1.25 bits per heavy atom. The van der Waals surface area contributed by atoms with Crippen LogP contribution in [-0.2, 0) is 9.59 Å². The quantitative estimate of drug-likeness (QED) is 0.770. The van der Waals surface area contributed by atoms with Gasteiger partial charge in [-0.25, -0.2) is 0 Å². The normalized spacial score (nSPS) is 12.1. The minimum Gasteiger partial charge on any atom is -0.370 e. The van der Waals surface area contributed by atoms with Gasteiger partial charge in [-0.2, -0.15) is 0 Å². The Morgan fingerprint density at radius 3 is 2.38 bits per heavy atom. The number of nitrogens with two attached hydrogens (primary N) is 2. The molecule has 0 fully saturated rings. The Kier molecular flexibility index (Phi) is 4.05. The second-order valence-electron chi connectivity index (χ2n) is 3.82. The first-order chi connectivity index (χ1) is 7.52. The predicted octanol–water partition coefficient (Wildman–Crippen LogP) is 0.829. The van der Waals surface area contributed by atoms with Gasteiger partial charge in [0.2, 0.25) is 11.8 Å². The molecule has 1 rings (SSSR count). The fourth-order valence-electron chi connectivity index (χ4n) is 1.72. The van der Waals surface area contributed by atoms with E-state index in [1.807, 2.05) is 31.2 Å². The van der Waals surface area contributed by atoms with Gasteiger partial charge in [0.25, 0.3) is 0 Å². The van der Waals surface area contributed by atoms with Crippen molar-refractivity contribution < 1.29 is 9.59 Å². The third-order valence-electron chi connectivity index (χ3n) is 2.59. The van der Waals surface area contributed by atoms with Gasteiger partial charge in [0.05, 0.1) is 5.92 Å². The molecule has 0 saturated carbocycles. The highest BCUT2D eigenvalue weighted by Gasteiger charge is 2.19. The molecule has 1 aromatic carbocycles. The van der Waals surface area contributed by atoms with E-state index in [-0.39, 0.29) is 6.42 Å². The molecule has 86 valence electrons. The first-order valence-corrected chi connectivity index (χ1v) is 5.15. The second kappa shape index (κ2) is 5.30. The van der Waals surface area contributed by atoms with E-state index >= 15 is 0 Å². The molecule has 0 spiro atoms. The van der Waals surface area contributed by atoms with Crippen molar-refractivity contribution in [1.29, 1.82) is 0 Å². The zero-order chi connectivity index (χ0) is 12.1. The first-order valence-electron chi connectivity index (χ1n) is 5.15. The lowest BCUT2D eigenvalue weighted by Gasteiger charge is -2.15. The summed E-state index contributed by atoms with van der Waals surface area (Å²) in [5, 5.41) is 0. The Hall–Kier alpha value is -1.84. The molecule has 0 heterocycles. The van der Waals surface area contributed by atoms with E-state index < -0.39 is 17.7 Å². The van der Waals surface area contributed by atoms with Gasteiger partial charge in [-0.05, 0) is 24.5 Å². The Morgan fingerprint density at radius 2 is 1.88 bits per heavy atom. The second-order valence-corrected chi connectivity index (χ2v) is 3.82. The number of amides is 2. The van der Waals surface area contributed by atoms with Crippen molar-refractivity contribution in [2.24, 2.45) is 11.5 Å². The summed E-state index contributed by atoms with van der Waals surface area (Å²) in [6.45, 7) is 1.91. The third kappa shape index (κ3) is 3.08. The largest absolute Gasteiger partial charge is 0.370 e. The zero-order valence-corrected chi connectivity index (χ0v) is 9.27. The average molecular weight is 220 g/mol. The Balaban J connectivity index is 2.90. The van der Waals surface area contributed by atoms with Crippen LogP contribution >= 0.6 is 0 Å². The van der Waals surface area contributed by atoms with Gasteiger partial charge in [0.1, 0.15) is 0 Å². The van der Waals surface area contributed by atoms with E-state index in [0.29, 0.717) is 6.42 Å². The summed E-state index contributed by atoms with van der Waals surface area (Å²) < 4.78 is 0. The van der Waals surface area contributed by atoms with Crippen LogP contribution < -0.4 is 11.5 Å². The fourth-order valence-corrected chi connectivity index (χ4v) is 1.72. The van der Waals surface area contributed by atoms with E-state index in [9.17, 15) is 9.59 Å². The molecule has 0 radical (unpaired) electrons. The molecule has 1 unspecified atom stereocenters. The molecule has 0 aliphatic carbocycles. The monoisotopic (exact) mass is 220 g/mol. The van der Waals surface area contributed by atoms with Crippen molar-refractivity contribution in [1.82, 2.24) is 0 Å². The Bertz CT molecular complexity index is 402. The van der Waals surface area contributed by atoms with Crippen LogP contribution in [-0.4, -0.2) is 11.8 Å². The van der Waals surface area contributed by atoms with Gasteiger partial charge in [0.15, 0.2) is 0 Å². The maximum absolute atomic E-state index is 11.3. The lowest BCUT2D eigenvalue weighted by molar-refractivity contribution is -0.120. The van der Waals surface area contributed by atoms with Crippen LogP contribution in [0.1, 0.15) is 29.9 Å². The van der Waals surface area contributed by atoms with E-state index in [1.165, 1.54) is 0 Å². The molecular formula is C12H16N2O2. The summed E-state index contributed by atoms with van der Waals surface area (Å²) >= 11 is 0. The van der Waals surface area contributed by atoms with Gasteiger partial charge in [-0.1, -0.05) is 24.3 Å². The van der Waals surface area contributed by atoms with Crippen LogP contribution in [0, 0.1) is 6.92 Å². The smallest absolute Gasteiger partial charge is 0.224 e. The van der Waals surface area contributed by atoms with Crippen molar-refractivity contribution in [3.63, 3.8) is 0 Å². The molecule has 4 nitrogen and oxygen atoms in total. The maximum Gasteiger partial charge on any atom is 0.224 e. The van der Waals surface area contributed by atoms with Crippen molar-refractivity contribution in [2.45, 2.75) is 25.7 Å². The molecule has 16 heavy (non-hydrogen) atoms. The summed E-state index contributed by atoms with van der Waals surface area (Å²) in [6, 6.07) is 7.51. The highest BCUT2D eigenvalue weighted by molar-refractivity contribution is 5.83. The number of benzene rings is 1. The van der Waals surface area contributed by atoms with E-state index in [2.05, 4.69) is 0 Å². The first kappa shape index (κ1) is 12.2. The number of rotatable bonds is 5. The van der Waals surface area contributed by atoms with Crippen molar-refractivity contribution in [2.75, 3.05) is 0 Å². The van der Waals surface area contributed by atoms with Crippen molar-refractivity contribution >= 4 is 11.8 Å².